The van der Waals surface area contributed by atoms with Crippen LogP contribution in [0, 0.1) is 17.3 Å². The fourth-order valence-corrected chi connectivity index (χ4v) is 3.83. The molecule has 1 aliphatic heterocycles. The van der Waals surface area contributed by atoms with Gasteiger partial charge in [0.2, 0.25) is 0 Å². The van der Waals surface area contributed by atoms with Crippen LogP contribution in [0.15, 0.2) is 0 Å². The van der Waals surface area contributed by atoms with Gasteiger partial charge >= 0.3 is 0 Å². The second kappa shape index (κ2) is 5.94. The zero-order valence-electron chi connectivity index (χ0n) is 14.0. The first-order valence-corrected chi connectivity index (χ1v) is 8.22. The number of rotatable bonds is 2. The van der Waals surface area contributed by atoms with E-state index in [1.54, 1.807) is 0 Å². The molecular weight excluding hydrogens is 250 g/mol. The van der Waals surface area contributed by atoms with Crippen molar-refractivity contribution >= 4 is 0 Å². The summed E-state index contributed by atoms with van der Waals surface area (Å²) in [5.41, 5.74) is 0.323. The van der Waals surface area contributed by atoms with E-state index in [0.717, 1.165) is 38.6 Å². The van der Waals surface area contributed by atoms with E-state index in [-0.39, 0.29) is 11.7 Å². The van der Waals surface area contributed by atoms with Crippen LogP contribution in [0.2, 0.25) is 0 Å². The van der Waals surface area contributed by atoms with Crippen molar-refractivity contribution in [2.24, 2.45) is 17.3 Å². The van der Waals surface area contributed by atoms with E-state index >= 15 is 0 Å². The van der Waals surface area contributed by atoms with Crippen molar-refractivity contribution in [2.75, 3.05) is 26.2 Å². The van der Waals surface area contributed by atoms with Crippen LogP contribution in [-0.4, -0.2) is 48.0 Å². The van der Waals surface area contributed by atoms with E-state index < -0.39 is 0 Å². The molecule has 20 heavy (non-hydrogen) atoms. The standard InChI is InChI=1S/C17H33NO2/c1-16(2,3)14-6-7-15(19)13(10-14)11-18-8-9-20-17(4,5)12-18/h13-15,19H,6-12H2,1-5H3. The topological polar surface area (TPSA) is 32.7 Å². The predicted molar refractivity (Wildman–Crippen MR) is 82.8 cm³/mol. The number of ether oxygens (including phenoxy) is 1. The highest BCUT2D eigenvalue weighted by Crippen LogP contribution is 2.40. The van der Waals surface area contributed by atoms with Gasteiger partial charge in [0.15, 0.2) is 0 Å². The number of morpholine rings is 1. The first kappa shape index (κ1) is 16.3. The Hall–Kier alpha value is -0.120. The van der Waals surface area contributed by atoms with Gasteiger partial charge in [-0.3, -0.25) is 4.90 Å². The van der Waals surface area contributed by atoms with Crippen LogP contribution >= 0.6 is 0 Å². The minimum Gasteiger partial charge on any atom is -0.393 e. The number of nitrogens with zero attached hydrogens (tertiary/aromatic N) is 1. The molecule has 0 aromatic carbocycles. The molecule has 3 unspecified atom stereocenters. The van der Waals surface area contributed by atoms with Gasteiger partial charge in [0.25, 0.3) is 0 Å². The summed E-state index contributed by atoms with van der Waals surface area (Å²) in [7, 11) is 0. The molecule has 2 fully saturated rings. The fourth-order valence-electron chi connectivity index (χ4n) is 3.83. The van der Waals surface area contributed by atoms with Crippen molar-refractivity contribution in [3.63, 3.8) is 0 Å². The highest BCUT2D eigenvalue weighted by molar-refractivity contribution is 4.88. The molecule has 0 spiro atoms. The second-order valence-electron chi connectivity index (χ2n) is 8.55. The first-order valence-electron chi connectivity index (χ1n) is 8.22. The maximum absolute atomic E-state index is 10.4. The van der Waals surface area contributed by atoms with Crippen molar-refractivity contribution in [1.82, 2.24) is 4.90 Å². The Morgan fingerprint density at radius 3 is 2.55 bits per heavy atom. The van der Waals surface area contributed by atoms with Crippen molar-refractivity contribution in [3.05, 3.63) is 0 Å². The summed E-state index contributed by atoms with van der Waals surface area (Å²) < 4.78 is 5.78. The highest BCUT2D eigenvalue weighted by Gasteiger charge is 2.37. The molecule has 0 amide bonds. The van der Waals surface area contributed by atoms with Gasteiger partial charge in [-0.1, -0.05) is 20.8 Å². The monoisotopic (exact) mass is 283 g/mol. The molecule has 1 heterocycles. The van der Waals surface area contributed by atoms with Crippen LogP contribution in [0.5, 0.6) is 0 Å². The third-order valence-electron chi connectivity index (χ3n) is 5.16. The van der Waals surface area contributed by atoms with Gasteiger partial charge in [-0.2, -0.15) is 0 Å². The summed E-state index contributed by atoms with van der Waals surface area (Å²) in [5.74, 6) is 1.17. The van der Waals surface area contributed by atoms with E-state index in [1.807, 2.05) is 0 Å². The third kappa shape index (κ3) is 4.19. The Morgan fingerprint density at radius 1 is 1.25 bits per heavy atom. The Labute approximate surface area is 124 Å². The van der Waals surface area contributed by atoms with Gasteiger partial charge in [0.05, 0.1) is 18.3 Å². The molecule has 0 aromatic rings. The van der Waals surface area contributed by atoms with Gasteiger partial charge < -0.3 is 9.84 Å². The molecule has 2 rings (SSSR count). The Bertz CT molecular complexity index is 321. The van der Waals surface area contributed by atoms with Crippen LogP contribution in [0.1, 0.15) is 53.9 Å². The highest BCUT2D eigenvalue weighted by atomic mass is 16.5. The molecule has 1 aliphatic carbocycles. The SMILES string of the molecule is CC1(C)CN(CC2CC(C(C)(C)C)CCC2O)CCO1. The molecule has 1 saturated heterocycles. The molecular formula is C17H33NO2. The molecule has 1 saturated carbocycles. The van der Waals surface area contributed by atoms with Crippen LogP contribution in [0.3, 0.4) is 0 Å². The predicted octanol–water partition coefficient (Wildman–Crippen LogP) is 2.92. The summed E-state index contributed by atoms with van der Waals surface area (Å²) in [4.78, 5) is 2.49. The van der Waals surface area contributed by atoms with Gasteiger partial charge in [0, 0.05) is 19.6 Å². The van der Waals surface area contributed by atoms with E-state index in [0.29, 0.717) is 11.3 Å². The quantitative estimate of drug-likeness (QED) is 0.846. The maximum Gasteiger partial charge on any atom is 0.0753 e. The van der Waals surface area contributed by atoms with Crippen molar-refractivity contribution in [3.8, 4) is 0 Å². The normalized spacial score (nSPS) is 36.0. The van der Waals surface area contributed by atoms with Crippen molar-refractivity contribution in [1.29, 1.82) is 0 Å². The van der Waals surface area contributed by atoms with E-state index in [4.69, 9.17) is 4.74 Å². The average Bonchev–Trinajstić information content (AvgIpc) is 2.29. The van der Waals surface area contributed by atoms with Gasteiger partial charge in [-0.05, 0) is 50.4 Å². The van der Waals surface area contributed by atoms with Crippen molar-refractivity contribution < 1.29 is 9.84 Å². The van der Waals surface area contributed by atoms with Crippen LogP contribution < -0.4 is 0 Å². The van der Waals surface area contributed by atoms with Gasteiger partial charge in [0.1, 0.15) is 0 Å². The lowest BCUT2D eigenvalue weighted by Gasteiger charge is -2.44. The Kier molecular flexibility index (Phi) is 4.83. The van der Waals surface area contributed by atoms with Gasteiger partial charge in [-0.25, -0.2) is 0 Å². The summed E-state index contributed by atoms with van der Waals surface area (Å²) in [6.45, 7) is 15.2. The second-order valence-corrected chi connectivity index (χ2v) is 8.55. The lowest BCUT2D eigenvalue weighted by molar-refractivity contribution is -0.0975. The Morgan fingerprint density at radius 2 is 1.95 bits per heavy atom. The molecule has 1 N–H and O–H groups in total. The molecule has 0 aromatic heterocycles. The lowest BCUT2D eigenvalue weighted by Crippen LogP contribution is -2.51. The molecule has 3 nitrogen and oxygen atoms in total. The fraction of sp³-hybridized carbons (Fsp3) is 1.00. The summed E-state index contributed by atoms with van der Waals surface area (Å²) >= 11 is 0. The summed E-state index contributed by atoms with van der Waals surface area (Å²) in [6.07, 6.45) is 3.21. The van der Waals surface area contributed by atoms with Crippen LogP contribution in [0.25, 0.3) is 0 Å². The van der Waals surface area contributed by atoms with E-state index in [9.17, 15) is 5.11 Å². The zero-order valence-corrected chi connectivity index (χ0v) is 14.0. The summed E-state index contributed by atoms with van der Waals surface area (Å²) in [6, 6.07) is 0. The first-order chi connectivity index (χ1) is 9.17. The Balaban J connectivity index is 1.93. The minimum absolute atomic E-state index is 0.0404. The summed E-state index contributed by atoms with van der Waals surface area (Å²) in [5, 5.41) is 10.4. The maximum atomic E-state index is 10.4. The molecule has 3 heteroatoms. The third-order valence-corrected chi connectivity index (χ3v) is 5.16. The number of hydrogen-bond donors (Lipinski definition) is 1. The largest absolute Gasteiger partial charge is 0.393 e. The molecule has 2 aliphatic rings. The number of aliphatic hydroxyl groups is 1. The zero-order chi connectivity index (χ0) is 15.0. The van der Waals surface area contributed by atoms with Gasteiger partial charge in [-0.15, -0.1) is 0 Å². The molecule has 118 valence electrons. The molecule has 3 atom stereocenters. The molecule has 0 radical (unpaired) electrons. The van der Waals surface area contributed by atoms with Crippen LogP contribution in [0.4, 0.5) is 0 Å². The van der Waals surface area contributed by atoms with Crippen LogP contribution in [-0.2, 0) is 4.74 Å². The molecule has 0 bridgehead atoms. The smallest absolute Gasteiger partial charge is 0.0753 e. The lowest BCUT2D eigenvalue weighted by atomic mass is 9.68. The van der Waals surface area contributed by atoms with Crippen molar-refractivity contribution in [2.45, 2.75) is 65.6 Å². The van der Waals surface area contributed by atoms with E-state index in [2.05, 4.69) is 39.5 Å². The number of aliphatic hydroxyl groups excluding tert-OH is 1. The average molecular weight is 283 g/mol. The minimum atomic E-state index is -0.112. The number of hydrogen-bond acceptors (Lipinski definition) is 3. The van der Waals surface area contributed by atoms with E-state index in [1.165, 1.54) is 12.8 Å².